The van der Waals surface area contributed by atoms with Crippen LogP contribution in [0.4, 0.5) is 0 Å². The molecule has 1 fully saturated rings. The van der Waals surface area contributed by atoms with Crippen molar-refractivity contribution in [1.29, 1.82) is 0 Å². The molecule has 0 amide bonds. The van der Waals surface area contributed by atoms with Gasteiger partial charge in [-0.1, -0.05) is 28.9 Å². The molecule has 19 heavy (non-hydrogen) atoms. The first kappa shape index (κ1) is 13.4. The van der Waals surface area contributed by atoms with Crippen LogP contribution in [-0.4, -0.2) is 12.6 Å². The van der Waals surface area contributed by atoms with Crippen LogP contribution in [-0.2, 0) is 0 Å². The molecule has 1 heterocycles. The van der Waals surface area contributed by atoms with Crippen LogP contribution in [0.5, 0.6) is 5.75 Å². The van der Waals surface area contributed by atoms with E-state index in [1.165, 1.54) is 31.2 Å². The summed E-state index contributed by atoms with van der Waals surface area (Å²) < 4.78 is 7.63. The van der Waals surface area contributed by atoms with Crippen molar-refractivity contribution < 1.29 is 4.74 Å². The zero-order chi connectivity index (χ0) is 13.5. The maximum absolute atomic E-state index is 6.53. The number of benzene rings is 1. The van der Waals surface area contributed by atoms with E-state index < -0.39 is 0 Å². The van der Waals surface area contributed by atoms with Gasteiger partial charge in [0.1, 0.15) is 11.4 Å². The Kier molecular flexibility index (Phi) is 3.61. The largest absolute Gasteiger partial charge is 0.487 e. The van der Waals surface area contributed by atoms with Crippen molar-refractivity contribution in [3.63, 3.8) is 0 Å². The molecular formula is C16H22BrNO. The lowest BCUT2D eigenvalue weighted by Crippen LogP contribution is -2.46. The summed E-state index contributed by atoms with van der Waals surface area (Å²) in [4.78, 5) is 0. The van der Waals surface area contributed by atoms with Gasteiger partial charge in [0.15, 0.2) is 0 Å². The molecule has 1 aromatic rings. The number of ether oxygens (including phenoxy) is 1. The van der Waals surface area contributed by atoms with Crippen molar-refractivity contribution in [2.75, 3.05) is 7.05 Å². The van der Waals surface area contributed by atoms with E-state index in [1.807, 2.05) is 0 Å². The van der Waals surface area contributed by atoms with Crippen LogP contribution in [0.2, 0.25) is 0 Å². The van der Waals surface area contributed by atoms with Crippen molar-refractivity contribution in [2.24, 2.45) is 5.92 Å². The lowest BCUT2D eigenvalue weighted by atomic mass is 9.79. The van der Waals surface area contributed by atoms with Gasteiger partial charge in [-0.05, 0) is 50.8 Å². The Morgan fingerprint density at radius 1 is 1.47 bits per heavy atom. The molecule has 3 atom stereocenters. The highest BCUT2D eigenvalue weighted by molar-refractivity contribution is 9.10. The van der Waals surface area contributed by atoms with Gasteiger partial charge in [-0.2, -0.15) is 0 Å². The summed E-state index contributed by atoms with van der Waals surface area (Å²) in [6.45, 7) is 2.30. The fraction of sp³-hybridized carbons (Fsp3) is 0.625. The van der Waals surface area contributed by atoms with E-state index in [0.29, 0.717) is 12.0 Å². The number of rotatable bonds is 2. The first-order valence-corrected chi connectivity index (χ1v) is 8.13. The smallest absolute Gasteiger partial charge is 0.126 e. The molecule has 2 aliphatic rings. The van der Waals surface area contributed by atoms with Gasteiger partial charge in [0.2, 0.25) is 0 Å². The Morgan fingerprint density at radius 3 is 3.05 bits per heavy atom. The first-order chi connectivity index (χ1) is 9.18. The standard InChI is InChI=1S/C16H22BrNO/c1-3-11-5-4-8-16(11)10-14(18-2)13-7-6-12(17)9-15(13)19-16/h6-7,9,11,14,18H,3-5,8,10H2,1-2H3. The third kappa shape index (κ3) is 2.21. The zero-order valence-corrected chi connectivity index (χ0v) is 13.3. The van der Waals surface area contributed by atoms with E-state index >= 15 is 0 Å². The third-order valence-electron chi connectivity index (χ3n) is 4.95. The number of fused-ring (bicyclic) bond motifs is 1. The molecule has 1 spiro atoms. The minimum Gasteiger partial charge on any atom is -0.487 e. The van der Waals surface area contributed by atoms with Crippen LogP contribution in [0.15, 0.2) is 22.7 Å². The molecule has 0 saturated heterocycles. The summed E-state index contributed by atoms with van der Waals surface area (Å²) in [6.07, 6.45) is 6.15. The lowest BCUT2D eigenvalue weighted by molar-refractivity contribution is -0.00473. The van der Waals surface area contributed by atoms with E-state index in [0.717, 1.165) is 16.6 Å². The summed E-state index contributed by atoms with van der Waals surface area (Å²) in [5.74, 6) is 1.77. The number of halogens is 1. The fourth-order valence-electron chi connectivity index (χ4n) is 3.95. The van der Waals surface area contributed by atoms with Crippen LogP contribution in [0.25, 0.3) is 0 Å². The molecule has 0 radical (unpaired) electrons. The highest BCUT2D eigenvalue weighted by Gasteiger charge is 2.48. The zero-order valence-electron chi connectivity index (χ0n) is 11.7. The minimum absolute atomic E-state index is 0.0657. The summed E-state index contributed by atoms with van der Waals surface area (Å²) in [5, 5.41) is 3.48. The normalized spacial score (nSPS) is 33.2. The average Bonchev–Trinajstić information content (AvgIpc) is 2.79. The Morgan fingerprint density at radius 2 is 2.32 bits per heavy atom. The highest BCUT2D eigenvalue weighted by atomic mass is 79.9. The van der Waals surface area contributed by atoms with Crippen molar-refractivity contribution in [3.8, 4) is 5.75 Å². The second-order valence-corrected chi connectivity index (χ2v) is 6.81. The summed E-state index contributed by atoms with van der Waals surface area (Å²) in [5.41, 5.74) is 1.37. The number of nitrogens with one attached hydrogen (secondary N) is 1. The summed E-state index contributed by atoms with van der Waals surface area (Å²) in [6, 6.07) is 6.84. The van der Waals surface area contributed by atoms with Gasteiger partial charge >= 0.3 is 0 Å². The van der Waals surface area contributed by atoms with E-state index in [4.69, 9.17) is 4.74 Å². The van der Waals surface area contributed by atoms with Gasteiger partial charge in [-0.3, -0.25) is 0 Å². The molecule has 3 heteroatoms. The number of hydrogen-bond donors (Lipinski definition) is 1. The molecule has 104 valence electrons. The molecule has 3 unspecified atom stereocenters. The van der Waals surface area contributed by atoms with Crippen LogP contribution in [0.3, 0.4) is 0 Å². The molecule has 1 N–H and O–H groups in total. The Bertz CT molecular complexity index is 476. The molecule has 0 bridgehead atoms. The fourth-order valence-corrected chi connectivity index (χ4v) is 4.29. The second kappa shape index (κ2) is 5.10. The Labute approximate surface area is 124 Å². The minimum atomic E-state index is 0.0657. The maximum Gasteiger partial charge on any atom is 0.126 e. The van der Waals surface area contributed by atoms with Crippen molar-refractivity contribution in [2.45, 2.75) is 50.7 Å². The van der Waals surface area contributed by atoms with E-state index in [1.54, 1.807) is 0 Å². The van der Waals surface area contributed by atoms with E-state index in [-0.39, 0.29) is 5.60 Å². The Balaban J connectivity index is 2.01. The summed E-state index contributed by atoms with van der Waals surface area (Å²) in [7, 11) is 2.06. The van der Waals surface area contributed by atoms with Gasteiger partial charge in [-0.15, -0.1) is 0 Å². The molecule has 3 rings (SSSR count). The average molecular weight is 324 g/mol. The maximum atomic E-state index is 6.53. The quantitative estimate of drug-likeness (QED) is 0.868. The lowest BCUT2D eigenvalue weighted by Gasteiger charge is -2.43. The molecule has 2 nitrogen and oxygen atoms in total. The molecule has 1 aliphatic heterocycles. The highest BCUT2D eigenvalue weighted by Crippen LogP contribution is 2.51. The first-order valence-electron chi connectivity index (χ1n) is 7.34. The monoisotopic (exact) mass is 323 g/mol. The molecule has 0 aromatic heterocycles. The molecule has 1 saturated carbocycles. The van der Waals surface area contributed by atoms with Gasteiger partial charge in [-0.25, -0.2) is 0 Å². The van der Waals surface area contributed by atoms with Gasteiger partial charge < -0.3 is 10.1 Å². The predicted octanol–water partition coefficient (Wildman–Crippen LogP) is 4.44. The third-order valence-corrected chi connectivity index (χ3v) is 5.44. The van der Waals surface area contributed by atoms with Crippen molar-refractivity contribution >= 4 is 15.9 Å². The topological polar surface area (TPSA) is 21.3 Å². The van der Waals surface area contributed by atoms with Crippen LogP contribution in [0.1, 0.15) is 50.6 Å². The van der Waals surface area contributed by atoms with Crippen LogP contribution >= 0.6 is 15.9 Å². The van der Waals surface area contributed by atoms with Gasteiger partial charge in [0.05, 0.1) is 0 Å². The van der Waals surface area contributed by atoms with Crippen LogP contribution < -0.4 is 10.1 Å². The molecule has 1 aromatic carbocycles. The van der Waals surface area contributed by atoms with Crippen LogP contribution in [0, 0.1) is 5.92 Å². The molecule has 1 aliphatic carbocycles. The molecular weight excluding hydrogens is 302 g/mol. The predicted molar refractivity (Wildman–Crippen MR) is 81.6 cm³/mol. The second-order valence-electron chi connectivity index (χ2n) is 5.89. The van der Waals surface area contributed by atoms with Gasteiger partial charge in [0, 0.05) is 22.5 Å². The van der Waals surface area contributed by atoms with Gasteiger partial charge in [0.25, 0.3) is 0 Å². The van der Waals surface area contributed by atoms with Crippen molar-refractivity contribution in [3.05, 3.63) is 28.2 Å². The SMILES string of the molecule is CCC1CCCC12CC(NC)c1ccc(Br)cc1O2. The van der Waals surface area contributed by atoms with Crippen molar-refractivity contribution in [1.82, 2.24) is 5.32 Å². The van der Waals surface area contributed by atoms with E-state index in [2.05, 4.69) is 53.4 Å². The summed E-state index contributed by atoms with van der Waals surface area (Å²) >= 11 is 3.56. The van der Waals surface area contributed by atoms with E-state index in [9.17, 15) is 0 Å². The Hall–Kier alpha value is -0.540. The number of hydrogen-bond acceptors (Lipinski definition) is 2.